The van der Waals surface area contributed by atoms with Gasteiger partial charge in [0.1, 0.15) is 0 Å². The van der Waals surface area contributed by atoms with Crippen molar-refractivity contribution in [1.82, 2.24) is 15.0 Å². The third-order valence-corrected chi connectivity index (χ3v) is 7.11. The maximum absolute atomic E-state index is 13.3. The number of para-hydroxylation sites is 1. The van der Waals surface area contributed by atoms with E-state index in [0.29, 0.717) is 32.5 Å². The predicted octanol–water partition coefficient (Wildman–Crippen LogP) is 6.34. The second-order valence-corrected chi connectivity index (χ2v) is 9.87. The molecular formula is C30H23ClN4O2S. The number of carbonyl (C=O) groups excluding carboxylic acids is 1. The molecule has 0 bridgehead atoms. The average Bonchev–Trinajstić information content (AvgIpc) is 2.96. The Hall–Kier alpha value is -4.20. The molecular weight excluding hydrogens is 516 g/mol. The van der Waals surface area contributed by atoms with E-state index in [-0.39, 0.29) is 17.2 Å². The Morgan fingerprint density at radius 2 is 1.55 bits per heavy atom. The Bertz CT molecular complexity index is 1680. The molecule has 0 unspecified atom stereocenters. The van der Waals surface area contributed by atoms with E-state index in [4.69, 9.17) is 11.6 Å². The van der Waals surface area contributed by atoms with Gasteiger partial charge in [0.25, 0.3) is 11.5 Å². The quantitative estimate of drug-likeness (QED) is 0.113. The van der Waals surface area contributed by atoms with Gasteiger partial charge in [-0.2, -0.15) is 5.10 Å². The number of nitrogens with zero attached hydrogens (tertiary/aromatic N) is 3. The second-order valence-electron chi connectivity index (χ2n) is 8.49. The molecule has 1 amide bonds. The molecule has 6 nitrogen and oxygen atoms in total. The lowest BCUT2D eigenvalue weighted by molar-refractivity contribution is -0.118. The van der Waals surface area contributed by atoms with Gasteiger partial charge >= 0.3 is 0 Å². The average molecular weight is 539 g/mol. The van der Waals surface area contributed by atoms with Crippen LogP contribution in [-0.4, -0.2) is 26.9 Å². The summed E-state index contributed by atoms with van der Waals surface area (Å²) in [5.74, 6) is -0.275. The SMILES string of the molecule is C/C(=N\NC(=O)CSc1nc2ccccc2c(=O)n1-c1ccc(Cl)cc1)c1ccc(-c2ccccc2)cc1. The number of hydrogen-bond donors (Lipinski definition) is 1. The number of benzene rings is 4. The topological polar surface area (TPSA) is 76.3 Å². The lowest BCUT2D eigenvalue weighted by Crippen LogP contribution is -2.24. The summed E-state index contributed by atoms with van der Waals surface area (Å²) in [6.45, 7) is 1.84. The fourth-order valence-corrected chi connectivity index (χ4v) is 4.87. The highest BCUT2D eigenvalue weighted by Gasteiger charge is 2.15. The minimum absolute atomic E-state index is 0.0299. The minimum atomic E-state index is -0.305. The van der Waals surface area contributed by atoms with E-state index >= 15 is 0 Å². The maximum atomic E-state index is 13.3. The van der Waals surface area contributed by atoms with Crippen LogP contribution in [-0.2, 0) is 4.79 Å². The molecule has 0 spiro atoms. The van der Waals surface area contributed by atoms with E-state index in [9.17, 15) is 9.59 Å². The van der Waals surface area contributed by atoms with Crippen molar-refractivity contribution < 1.29 is 4.79 Å². The molecule has 5 rings (SSSR count). The number of thioether (sulfide) groups is 1. The summed E-state index contributed by atoms with van der Waals surface area (Å²) in [5.41, 5.74) is 7.42. The number of amides is 1. The summed E-state index contributed by atoms with van der Waals surface area (Å²) < 4.78 is 1.50. The van der Waals surface area contributed by atoms with Crippen molar-refractivity contribution in [3.63, 3.8) is 0 Å². The van der Waals surface area contributed by atoms with Gasteiger partial charge in [-0.3, -0.25) is 14.2 Å². The smallest absolute Gasteiger partial charge is 0.266 e. The zero-order valence-electron chi connectivity index (χ0n) is 20.5. The summed E-state index contributed by atoms with van der Waals surface area (Å²) in [6, 6.07) is 32.2. The predicted molar refractivity (Wildman–Crippen MR) is 155 cm³/mol. The third-order valence-electron chi connectivity index (χ3n) is 5.92. The highest BCUT2D eigenvalue weighted by atomic mass is 35.5. The number of aromatic nitrogens is 2. The third kappa shape index (κ3) is 5.69. The lowest BCUT2D eigenvalue weighted by Gasteiger charge is -2.13. The van der Waals surface area contributed by atoms with Crippen molar-refractivity contribution in [2.24, 2.45) is 5.10 Å². The molecule has 4 aromatic carbocycles. The molecule has 0 atom stereocenters. The number of rotatable bonds is 7. The van der Waals surface area contributed by atoms with E-state index in [1.807, 2.05) is 55.5 Å². The maximum Gasteiger partial charge on any atom is 0.266 e. The van der Waals surface area contributed by atoms with Gasteiger partial charge in [0.2, 0.25) is 0 Å². The van der Waals surface area contributed by atoms with E-state index < -0.39 is 0 Å². The summed E-state index contributed by atoms with van der Waals surface area (Å²) in [7, 11) is 0. The molecule has 0 aliphatic carbocycles. The van der Waals surface area contributed by atoms with Crippen LogP contribution in [0.25, 0.3) is 27.7 Å². The Kier molecular flexibility index (Phi) is 7.67. The number of hydrogen-bond acceptors (Lipinski definition) is 5. The summed E-state index contributed by atoms with van der Waals surface area (Å²) >= 11 is 7.21. The van der Waals surface area contributed by atoms with Crippen molar-refractivity contribution in [3.05, 3.63) is 124 Å². The normalized spacial score (nSPS) is 11.5. The number of halogens is 1. The fourth-order valence-electron chi connectivity index (χ4n) is 3.93. The van der Waals surface area contributed by atoms with E-state index in [1.54, 1.807) is 42.5 Å². The van der Waals surface area contributed by atoms with Gasteiger partial charge < -0.3 is 0 Å². The molecule has 1 N–H and O–H groups in total. The molecule has 38 heavy (non-hydrogen) atoms. The van der Waals surface area contributed by atoms with Crippen LogP contribution in [0.3, 0.4) is 0 Å². The van der Waals surface area contributed by atoms with Crippen LogP contribution in [0, 0.1) is 0 Å². The van der Waals surface area contributed by atoms with E-state index in [1.165, 1.54) is 16.3 Å². The van der Waals surface area contributed by atoms with E-state index in [0.717, 1.165) is 16.7 Å². The van der Waals surface area contributed by atoms with Gasteiger partial charge in [-0.1, -0.05) is 90.1 Å². The second kappa shape index (κ2) is 11.5. The van der Waals surface area contributed by atoms with Crippen LogP contribution in [0.2, 0.25) is 5.02 Å². The first kappa shape index (κ1) is 25.4. The van der Waals surface area contributed by atoms with Crippen molar-refractivity contribution in [3.8, 4) is 16.8 Å². The van der Waals surface area contributed by atoms with Crippen LogP contribution in [0.5, 0.6) is 0 Å². The highest BCUT2D eigenvalue weighted by molar-refractivity contribution is 7.99. The van der Waals surface area contributed by atoms with Crippen LogP contribution in [0.1, 0.15) is 12.5 Å². The van der Waals surface area contributed by atoms with Crippen LogP contribution in [0.4, 0.5) is 0 Å². The molecule has 0 fully saturated rings. The molecule has 0 radical (unpaired) electrons. The summed E-state index contributed by atoms with van der Waals surface area (Å²) in [6.07, 6.45) is 0. The van der Waals surface area contributed by atoms with Crippen LogP contribution < -0.4 is 11.0 Å². The summed E-state index contributed by atoms with van der Waals surface area (Å²) in [4.78, 5) is 30.6. The number of nitrogens with one attached hydrogen (secondary N) is 1. The van der Waals surface area contributed by atoms with Crippen molar-refractivity contribution in [2.75, 3.05) is 5.75 Å². The number of fused-ring (bicyclic) bond motifs is 1. The lowest BCUT2D eigenvalue weighted by atomic mass is 10.0. The molecule has 0 aliphatic rings. The van der Waals surface area contributed by atoms with Crippen molar-refractivity contribution in [1.29, 1.82) is 0 Å². The Labute approximate surface area is 229 Å². The van der Waals surface area contributed by atoms with Crippen LogP contribution in [0.15, 0.2) is 118 Å². The van der Waals surface area contributed by atoms with Crippen molar-refractivity contribution in [2.45, 2.75) is 12.1 Å². The molecule has 1 heterocycles. The van der Waals surface area contributed by atoms with Gasteiger partial charge in [0, 0.05) is 5.02 Å². The van der Waals surface area contributed by atoms with Gasteiger partial charge in [-0.05, 0) is 60.0 Å². The highest BCUT2D eigenvalue weighted by Crippen LogP contribution is 2.23. The summed E-state index contributed by atoms with van der Waals surface area (Å²) in [5, 5.41) is 5.73. The zero-order valence-corrected chi connectivity index (χ0v) is 22.0. The first-order valence-electron chi connectivity index (χ1n) is 11.9. The van der Waals surface area contributed by atoms with Crippen LogP contribution >= 0.6 is 23.4 Å². The van der Waals surface area contributed by atoms with Crippen molar-refractivity contribution >= 4 is 45.9 Å². The first-order valence-corrected chi connectivity index (χ1v) is 13.3. The molecule has 0 saturated heterocycles. The largest absolute Gasteiger partial charge is 0.272 e. The molecule has 8 heteroatoms. The first-order chi connectivity index (χ1) is 18.5. The molecule has 1 aromatic heterocycles. The van der Waals surface area contributed by atoms with Gasteiger partial charge in [-0.25, -0.2) is 10.4 Å². The molecule has 188 valence electrons. The number of carbonyl (C=O) groups is 1. The van der Waals surface area contributed by atoms with Gasteiger partial charge in [0.15, 0.2) is 5.16 Å². The number of hydrazone groups is 1. The molecule has 5 aromatic rings. The van der Waals surface area contributed by atoms with Gasteiger partial charge in [0.05, 0.1) is 28.1 Å². The zero-order chi connectivity index (χ0) is 26.5. The van der Waals surface area contributed by atoms with E-state index in [2.05, 4.69) is 27.6 Å². The Morgan fingerprint density at radius 3 is 2.29 bits per heavy atom. The van der Waals surface area contributed by atoms with Gasteiger partial charge in [-0.15, -0.1) is 0 Å². The fraction of sp³-hybridized carbons (Fsp3) is 0.0667. The Balaban J connectivity index is 1.31. The minimum Gasteiger partial charge on any atom is -0.272 e. The molecule has 0 saturated carbocycles. The Morgan fingerprint density at radius 1 is 0.895 bits per heavy atom. The monoisotopic (exact) mass is 538 g/mol. The molecule has 0 aliphatic heterocycles. The standard InChI is InChI=1S/C30H23ClN4O2S/c1-20(21-11-13-23(14-12-21)22-7-3-2-4-8-22)33-34-28(36)19-38-30-32-27-10-6-5-9-26(27)29(37)35(30)25-17-15-24(31)16-18-25/h2-18H,19H2,1H3,(H,34,36)/b33-20+.